The quantitative estimate of drug-likeness (QED) is 0.703. The summed E-state index contributed by atoms with van der Waals surface area (Å²) in [5.74, 6) is -1.07. The van der Waals surface area contributed by atoms with Crippen LogP contribution in [-0.2, 0) is 0 Å². The molecule has 0 aliphatic carbocycles. The first-order valence-corrected chi connectivity index (χ1v) is 5.18. The van der Waals surface area contributed by atoms with Crippen LogP contribution in [0.15, 0.2) is 0 Å². The number of alkyl halides is 2. The molecule has 1 aromatic carbocycles. The second-order valence-electron chi connectivity index (χ2n) is 4.16. The number of hydrogen-bond donors (Lipinski definition) is 0. The maximum absolute atomic E-state index is 12.5. The van der Waals surface area contributed by atoms with Gasteiger partial charge in [0.1, 0.15) is 0 Å². The minimum Gasteiger partial charge on any atom is -0.288 e. The highest BCUT2D eigenvalue weighted by atomic mass is 19.3. The summed E-state index contributed by atoms with van der Waals surface area (Å²) in [6.45, 7) is 9.12. The first kappa shape index (κ1) is 12.8. The molecule has 1 nitrogen and oxygen atoms in total. The van der Waals surface area contributed by atoms with E-state index in [0.717, 1.165) is 16.7 Å². The van der Waals surface area contributed by atoms with Gasteiger partial charge in [-0.3, -0.25) is 4.79 Å². The second-order valence-corrected chi connectivity index (χ2v) is 4.16. The monoisotopic (exact) mass is 226 g/mol. The molecule has 0 aliphatic heterocycles. The van der Waals surface area contributed by atoms with Crippen molar-refractivity contribution >= 4 is 5.78 Å². The molecule has 1 aromatic rings. The maximum atomic E-state index is 12.5. The molecule has 0 heterocycles. The van der Waals surface area contributed by atoms with E-state index in [1.807, 2.05) is 20.8 Å². The number of rotatable bonds is 2. The van der Waals surface area contributed by atoms with Gasteiger partial charge in [0.25, 0.3) is 0 Å². The average Bonchev–Trinajstić information content (AvgIpc) is 2.23. The van der Waals surface area contributed by atoms with Crippen LogP contribution >= 0.6 is 0 Å². The Balaban J connectivity index is 3.58. The Bertz CT molecular complexity index is 419. The van der Waals surface area contributed by atoms with Crippen molar-refractivity contribution in [2.45, 2.75) is 41.0 Å². The van der Waals surface area contributed by atoms with Gasteiger partial charge in [-0.25, -0.2) is 8.78 Å². The molecule has 0 saturated heterocycles. The lowest BCUT2D eigenvalue weighted by molar-refractivity contribution is 0.0677. The molecule has 0 radical (unpaired) electrons. The van der Waals surface area contributed by atoms with Crippen molar-refractivity contribution in [3.8, 4) is 0 Å². The molecule has 0 fully saturated rings. The van der Waals surface area contributed by atoms with Crippen molar-refractivity contribution < 1.29 is 13.6 Å². The van der Waals surface area contributed by atoms with Crippen molar-refractivity contribution in [3.05, 3.63) is 33.4 Å². The zero-order valence-electron chi connectivity index (χ0n) is 10.2. The molecule has 88 valence electrons. The highest BCUT2D eigenvalue weighted by Crippen LogP contribution is 2.27. The molecule has 3 heteroatoms. The maximum Gasteiger partial charge on any atom is 0.300 e. The van der Waals surface area contributed by atoms with Gasteiger partial charge in [-0.2, -0.15) is 0 Å². The molecular formula is C13H16F2O. The highest BCUT2D eigenvalue weighted by Gasteiger charge is 2.24. The summed E-state index contributed by atoms with van der Waals surface area (Å²) in [6, 6.07) is 0. The number of carbonyl (C=O) groups is 1. The van der Waals surface area contributed by atoms with Crippen LogP contribution in [0.2, 0.25) is 0 Å². The molecule has 0 aromatic heterocycles. The van der Waals surface area contributed by atoms with Crippen molar-refractivity contribution in [1.29, 1.82) is 0 Å². The topological polar surface area (TPSA) is 17.1 Å². The van der Waals surface area contributed by atoms with Crippen molar-refractivity contribution in [2.75, 3.05) is 0 Å². The Morgan fingerprint density at radius 2 is 1.12 bits per heavy atom. The van der Waals surface area contributed by atoms with E-state index in [1.165, 1.54) is 0 Å². The number of benzene rings is 1. The van der Waals surface area contributed by atoms with Crippen LogP contribution < -0.4 is 0 Å². The highest BCUT2D eigenvalue weighted by molar-refractivity contribution is 6.01. The summed E-state index contributed by atoms with van der Waals surface area (Å²) < 4.78 is 25.0. The molecule has 0 bridgehead atoms. The minimum atomic E-state index is -2.93. The minimum absolute atomic E-state index is 0.190. The van der Waals surface area contributed by atoms with Gasteiger partial charge in [-0.15, -0.1) is 0 Å². The number of carbonyl (C=O) groups excluding carboxylic acids is 1. The van der Waals surface area contributed by atoms with Crippen LogP contribution in [0.3, 0.4) is 0 Å². The largest absolute Gasteiger partial charge is 0.300 e. The van der Waals surface area contributed by atoms with Crippen LogP contribution in [0.25, 0.3) is 0 Å². The first-order chi connectivity index (χ1) is 7.29. The van der Waals surface area contributed by atoms with Crippen molar-refractivity contribution in [3.63, 3.8) is 0 Å². The zero-order chi connectivity index (χ0) is 12.6. The van der Waals surface area contributed by atoms with E-state index in [4.69, 9.17) is 0 Å². The van der Waals surface area contributed by atoms with Crippen molar-refractivity contribution in [2.24, 2.45) is 0 Å². The fourth-order valence-electron chi connectivity index (χ4n) is 1.98. The van der Waals surface area contributed by atoms with Gasteiger partial charge in [0.2, 0.25) is 5.78 Å². The Kier molecular flexibility index (Phi) is 3.46. The van der Waals surface area contributed by atoms with E-state index in [2.05, 4.69) is 0 Å². The van der Waals surface area contributed by atoms with Gasteiger partial charge in [-0.1, -0.05) is 0 Å². The number of hydrogen-bond acceptors (Lipinski definition) is 1. The molecule has 0 spiro atoms. The average molecular weight is 226 g/mol. The summed E-state index contributed by atoms with van der Waals surface area (Å²) in [5, 5.41) is 0. The van der Waals surface area contributed by atoms with Crippen LogP contribution in [-0.4, -0.2) is 12.2 Å². The fraction of sp³-hybridized carbons (Fsp3) is 0.462. The molecule has 0 atom stereocenters. The molecule has 0 aliphatic rings. The lowest BCUT2D eigenvalue weighted by Crippen LogP contribution is -2.16. The fourth-order valence-corrected chi connectivity index (χ4v) is 1.98. The Hall–Kier alpha value is -1.25. The molecular weight excluding hydrogens is 210 g/mol. The van der Waals surface area contributed by atoms with Gasteiger partial charge in [0, 0.05) is 5.56 Å². The summed E-state index contributed by atoms with van der Waals surface area (Å²) in [5.41, 5.74) is 4.45. The normalized spacial score (nSPS) is 11.0. The van der Waals surface area contributed by atoms with E-state index in [1.54, 1.807) is 13.8 Å². The predicted octanol–water partition coefficient (Wildman–Crippen LogP) is 3.68. The van der Waals surface area contributed by atoms with E-state index >= 15 is 0 Å². The van der Waals surface area contributed by atoms with Gasteiger partial charge in [-0.05, 0) is 62.4 Å². The summed E-state index contributed by atoms with van der Waals surface area (Å²) in [7, 11) is 0. The second kappa shape index (κ2) is 4.32. The van der Waals surface area contributed by atoms with Crippen LogP contribution in [0.1, 0.15) is 38.2 Å². The van der Waals surface area contributed by atoms with E-state index in [9.17, 15) is 13.6 Å². The van der Waals surface area contributed by atoms with Crippen LogP contribution in [0.4, 0.5) is 8.78 Å². The third-order valence-electron chi connectivity index (χ3n) is 3.44. The number of Topliss-reactive ketones (excluding diaryl/α,β-unsaturated/α-hetero) is 1. The Labute approximate surface area is 94.5 Å². The predicted molar refractivity (Wildman–Crippen MR) is 60.5 cm³/mol. The van der Waals surface area contributed by atoms with Gasteiger partial charge in [0.15, 0.2) is 0 Å². The van der Waals surface area contributed by atoms with E-state index < -0.39 is 12.2 Å². The molecule has 0 N–H and O–H groups in total. The Morgan fingerprint density at radius 3 is 1.44 bits per heavy atom. The third-order valence-corrected chi connectivity index (χ3v) is 3.44. The molecule has 16 heavy (non-hydrogen) atoms. The first-order valence-electron chi connectivity index (χ1n) is 5.18. The van der Waals surface area contributed by atoms with E-state index in [0.29, 0.717) is 11.1 Å². The lowest BCUT2D eigenvalue weighted by Gasteiger charge is -2.17. The molecule has 0 saturated carbocycles. The van der Waals surface area contributed by atoms with Gasteiger partial charge >= 0.3 is 6.43 Å². The molecule has 1 rings (SSSR count). The Morgan fingerprint density at radius 1 is 0.812 bits per heavy atom. The SMILES string of the molecule is Cc1c(C)c(C)c(C(=O)C(F)F)c(C)c1C. The van der Waals surface area contributed by atoms with E-state index in [-0.39, 0.29) is 5.56 Å². The number of halogens is 2. The van der Waals surface area contributed by atoms with Crippen molar-refractivity contribution in [1.82, 2.24) is 0 Å². The zero-order valence-corrected chi connectivity index (χ0v) is 10.2. The number of ketones is 1. The van der Waals surface area contributed by atoms with Gasteiger partial charge < -0.3 is 0 Å². The molecule has 0 unspecified atom stereocenters. The standard InChI is InChI=1S/C13H16F2O/c1-6-7(2)9(4)11(10(5)8(6)3)12(16)13(14)15/h13H,1-5H3. The summed E-state index contributed by atoms with van der Waals surface area (Å²) in [4.78, 5) is 11.5. The summed E-state index contributed by atoms with van der Waals surface area (Å²) >= 11 is 0. The van der Waals surface area contributed by atoms with Gasteiger partial charge in [0.05, 0.1) is 0 Å². The smallest absolute Gasteiger partial charge is 0.288 e. The lowest BCUT2D eigenvalue weighted by atomic mass is 9.88. The molecule has 0 amide bonds. The summed E-state index contributed by atoms with van der Waals surface area (Å²) in [6.07, 6.45) is -2.93. The van der Waals surface area contributed by atoms with Crippen LogP contribution in [0, 0.1) is 34.6 Å². The van der Waals surface area contributed by atoms with Crippen LogP contribution in [0.5, 0.6) is 0 Å². The third kappa shape index (κ3) is 1.86.